The van der Waals surface area contributed by atoms with Crippen molar-refractivity contribution in [1.82, 2.24) is 20.0 Å². The van der Waals surface area contributed by atoms with Gasteiger partial charge < -0.3 is 10.1 Å². The quantitative estimate of drug-likeness (QED) is 0.621. The molecule has 1 aliphatic heterocycles. The van der Waals surface area contributed by atoms with Gasteiger partial charge in [-0.2, -0.15) is 5.10 Å². The summed E-state index contributed by atoms with van der Waals surface area (Å²) in [6, 6.07) is 21.1. The molecular formula is C25H28N4O3. The highest BCUT2D eigenvalue weighted by molar-refractivity contribution is 5.76. The number of likely N-dealkylation sites (tertiary alicyclic amines) is 1. The lowest BCUT2D eigenvalue weighted by Gasteiger charge is -2.32. The van der Waals surface area contributed by atoms with Gasteiger partial charge in [-0.05, 0) is 36.6 Å². The highest BCUT2D eigenvalue weighted by Crippen LogP contribution is 2.27. The third-order valence-corrected chi connectivity index (χ3v) is 5.74. The molecule has 3 aromatic rings. The number of nitrogens with one attached hydrogen (secondary N) is 1. The summed E-state index contributed by atoms with van der Waals surface area (Å²) < 4.78 is 6.60. The van der Waals surface area contributed by atoms with Crippen LogP contribution in [-0.4, -0.2) is 46.8 Å². The number of ether oxygens (including phenoxy) is 1. The van der Waals surface area contributed by atoms with Crippen LogP contribution in [0.3, 0.4) is 0 Å². The van der Waals surface area contributed by atoms with Gasteiger partial charge in [0.25, 0.3) is 5.56 Å². The first kappa shape index (κ1) is 21.8. The van der Waals surface area contributed by atoms with E-state index in [2.05, 4.69) is 39.6 Å². The average molecular weight is 433 g/mol. The monoisotopic (exact) mass is 432 g/mol. The molecule has 7 nitrogen and oxygen atoms in total. The molecule has 1 saturated heterocycles. The Kier molecular flexibility index (Phi) is 6.97. The van der Waals surface area contributed by atoms with Gasteiger partial charge in [0.1, 0.15) is 12.3 Å². The van der Waals surface area contributed by atoms with Crippen LogP contribution in [0.1, 0.15) is 18.4 Å². The third kappa shape index (κ3) is 5.42. The molecule has 1 fully saturated rings. The summed E-state index contributed by atoms with van der Waals surface area (Å²) >= 11 is 0. The molecule has 0 bridgehead atoms. The molecule has 32 heavy (non-hydrogen) atoms. The van der Waals surface area contributed by atoms with E-state index in [4.69, 9.17) is 4.74 Å². The van der Waals surface area contributed by atoms with E-state index >= 15 is 0 Å². The first-order chi connectivity index (χ1) is 15.6. The number of aromatic nitrogens is 2. The molecule has 4 rings (SSSR count). The summed E-state index contributed by atoms with van der Waals surface area (Å²) in [5, 5.41) is 7.47. The van der Waals surface area contributed by atoms with Crippen molar-refractivity contribution in [1.29, 1.82) is 0 Å². The van der Waals surface area contributed by atoms with Gasteiger partial charge >= 0.3 is 0 Å². The van der Waals surface area contributed by atoms with Gasteiger partial charge in [0, 0.05) is 37.3 Å². The van der Waals surface area contributed by atoms with Crippen LogP contribution in [0.15, 0.2) is 71.5 Å². The maximum absolute atomic E-state index is 12.6. The normalized spacial score (nSPS) is 14.8. The molecule has 2 aromatic carbocycles. The summed E-state index contributed by atoms with van der Waals surface area (Å²) in [5.41, 5.74) is 2.35. The van der Waals surface area contributed by atoms with Crippen LogP contribution < -0.4 is 15.6 Å². The minimum atomic E-state index is -0.309. The van der Waals surface area contributed by atoms with Gasteiger partial charge in [-0.3, -0.25) is 14.5 Å². The lowest BCUT2D eigenvalue weighted by atomic mass is 10.0. The number of methoxy groups -OCH3 is 1. The van der Waals surface area contributed by atoms with E-state index in [9.17, 15) is 9.59 Å². The second-order valence-electron chi connectivity index (χ2n) is 8.02. The second-order valence-corrected chi connectivity index (χ2v) is 8.02. The Bertz CT molecular complexity index is 1110. The number of hydrogen-bond acceptors (Lipinski definition) is 5. The molecule has 0 unspecified atom stereocenters. The van der Waals surface area contributed by atoms with Crippen LogP contribution >= 0.6 is 0 Å². The number of carbonyl (C=O) groups excluding carboxylic acids is 1. The van der Waals surface area contributed by atoms with Gasteiger partial charge in [-0.1, -0.05) is 42.5 Å². The van der Waals surface area contributed by atoms with Crippen LogP contribution in [0.2, 0.25) is 0 Å². The minimum absolute atomic E-state index is 0.105. The van der Waals surface area contributed by atoms with E-state index < -0.39 is 0 Å². The zero-order valence-corrected chi connectivity index (χ0v) is 18.2. The maximum atomic E-state index is 12.6. The van der Waals surface area contributed by atoms with Crippen molar-refractivity contribution in [3.63, 3.8) is 0 Å². The van der Waals surface area contributed by atoms with Crippen molar-refractivity contribution in [2.24, 2.45) is 0 Å². The molecule has 0 aliphatic carbocycles. The molecule has 0 spiro atoms. The van der Waals surface area contributed by atoms with Crippen LogP contribution in [0, 0.1) is 0 Å². The van der Waals surface area contributed by atoms with Crippen molar-refractivity contribution in [2.75, 3.05) is 20.2 Å². The Morgan fingerprint density at radius 3 is 2.50 bits per heavy atom. The van der Waals surface area contributed by atoms with E-state index in [-0.39, 0.29) is 24.1 Å². The fourth-order valence-corrected chi connectivity index (χ4v) is 4.05. The Balaban J connectivity index is 1.34. The van der Waals surface area contributed by atoms with Gasteiger partial charge in [0.15, 0.2) is 0 Å². The molecule has 1 amide bonds. The van der Waals surface area contributed by atoms with Gasteiger partial charge in [-0.25, -0.2) is 4.68 Å². The highest BCUT2D eigenvalue weighted by Gasteiger charge is 2.21. The van der Waals surface area contributed by atoms with Crippen LogP contribution in [0.5, 0.6) is 5.75 Å². The summed E-state index contributed by atoms with van der Waals surface area (Å²) in [6.45, 7) is 2.69. The van der Waals surface area contributed by atoms with E-state index in [0.717, 1.165) is 38.0 Å². The second kappa shape index (κ2) is 10.2. The summed E-state index contributed by atoms with van der Waals surface area (Å²) in [4.78, 5) is 27.3. The molecule has 0 radical (unpaired) electrons. The highest BCUT2D eigenvalue weighted by atomic mass is 16.5. The SMILES string of the molecule is COc1ccccc1-c1ccc(=O)n(CC(=O)NC2CCN(Cc3ccccc3)CC2)n1. The van der Waals surface area contributed by atoms with Crippen molar-refractivity contribution in [3.05, 3.63) is 82.6 Å². The fourth-order valence-electron chi connectivity index (χ4n) is 4.05. The van der Waals surface area contributed by atoms with Crippen LogP contribution in [0.25, 0.3) is 11.3 Å². The van der Waals surface area contributed by atoms with Crippen molar-refractivity contribution in [2.45, 2.75) is 32.0 Å². The molecule has 7 heteroatoms. The topological polar surface area (TPSA) is 76.5 Å². The van der Waals surface area contributed by atoms with Crippen molar-refractivity contribution < 1.29 is 9.53 Å². The molecule has 1 aliphatic rings. The van der Waals surface area contributed by atoms with E-state index in [1.165, 1.54) is 16.3 Å². The molecule has 1 N–H and O–H groups in total. The smallest absolute Gasteiger partial charge is 0.267 e. The van der Waals surface area contributed by atoms with Crippen LogP contribution in [0.4, 0.5) is 0 Å². The third-order valence-electron chi connectivity index (χ3n) is 5.74. The average Bonchev–Trinajstić information content (AvgIpc) is 2.82. The van der Waals surface area contributed by atoms with Gasteiger partial charge in [-0.15, -0.1) is 0 Å². The molecule has 1 aromatic heterocycles. The number of benzene rings is 2. The van der Waals surface area contributed by atoms with E-state index in [0.29, 0.717) is 11.4 Å². The maximum Gasteiger partial charge on any atom is 0.267 e. The number of piperidine rings is 1. The number of para-hydroxylation sites is 1. The lowest BCUT2D eigenvalue weighted by Crippen LogP contribution is -2.46. The van der Waals surface area contributed by atoms with E-state index in [1.807, 2.05) is 30.3 Å². The number of rotatable bonds is 7. The Morgan fingerprint density at radius 1 is 1.03 bits per heavy atom. The number of carbonyl (C=O) groups is 1. The Labute approximate surface area is 187 Å². The van der Waals surface area contributed by atoms with E-state index in [1.54, 1.807) is 13.2 Å². The Morgan fingerprint density at radius 2 is 1.75 bits per heavy atom. The minimum Gasteiger partial charge on any atom is -0.496 e. The summed E-state index contributed by atoms with van der Waals surface area (Å²) in [5.74, 6) is 0.468. The summed E-state index contributed by atoms with van der Waals surface area (Å²) in [6.07, 6.45) is 1.78. The number of amides is 1. The number of nitrogens with zero attached hydrogens (tertiary/aromatic N) is 3. The van der Waals surface area contributed by atoms with Crippen LogP contribution in [-0.2, 0) is 17.9 Å². The molecule has 0 atom stereocenters. The number of hydrogen-bond donors (Lipinski definition) is 1. The van der Waals surface area contributed by atoms with Crippen molar-refractivity contribution >= 4 is 5.91 Å². The predicted molar refractivity (Wildman–Crippen MR) is 123 cm³/mol. The molecule has 2 heterocycles. The zero-order chi connectivity index (χ0) is 22.3. The predicted octanol–water partition coefficient (Wildman–Crippen LogP) is 2.70. The van der Waals surface area contributed by atoms with Gasteiger partial charge in [0.05, 0.1) is 12.8 Å². The van der Waals surface area contributed by atoms with Crippen molar-refractivity contribution in [3.8, 4) is 17.0 Å². The summed E-state index contributed by atoms with van der Waals surface area (Å²) in [7, 11) is 1.59. The first-order valence-corrected chi connectivity index (χ1v) is 10.9. The van der Waals surface area contributed by atoms with Gasteiger partial charge in [0.2, 0.25) is 5.91 Å². The lowest BCUT2D eigenvalue weighted by molar-refractivity contribution is -0.122. The molecular weight excluding hydrogens is 404 g/mol. The zero-order valence-electron chi connectivity index (χ0n) is 18.2. The Hall–Kier alpha value is -3.45. The standard InChI is InChI=1S/C25H28N4O3/c1-32-23-10-6-5-9-21(23)22-11-12-25(31)29(27-22)18-24(30)26-20-13-15-28(16-14-20)17-19-7-3-2-4-8-19/h2-12,20H,13-18H2,1H3,(H,26,30). The molecule has 0 saturated carbocycles. The molecule has 166 valence electrons. The fraction of sp³-hybridized carbons (Fsp3) is 0.320. The largest absolute Gasteiger partial charge is 0.496 e. The first-order valence-electron chi connectivity index (χ1n) is 10.9.